The lowest BCUT2D eigenvalue weighted by molar-refractivity contribution is 1.04. The predicted molar refractivity (Wildman–Crippen MR) is 69.2 cm³/mol. The van der Waals surface area contributed by atoms with Crippen LogP contribution in [-0.2, 0) is 0 Å². The maximum Gasteiger partial charge on any atom is 0.0718 e. The van der Waals surface area contributed by atoms with E-state index in [9.17, 15) is 0 Å². The van der Waals surface area contributed by atoms with Gasteiger partial charge in [-0.05, 0) is 31.0 Å². The fourth-order valence-corrected chi connectivity index (χ4v) is 2.43. The van der Waals surface area contributed by atoms with Gasteiger partial charge < -0.3 is 5.43 Å². The average Bonchev–Trinajstić information content (AvgIpc) is 3.12. The Kier molecular flexibility index (Phi) is 2.33. The molecule has 1 saturated carbocycles. The molecule has 3 rings (SSSR count). The smallest absolute Gasteiger partial charge is 0.0718 e. The van der Waals surface area contributed by atoms with E-state index in [4.69, 9.17) is 10.8 Å². The number of fused-ring (bicyclic) bond motifs is 1. The Morgan fingerprint density at radius 3 is 2.88 bits per heavy atom. The van der Waals surface area contributed by atoms with Gasteiger partial charge in [0, 0.05) is 15.8 Å². The van der Waals surface area contributed by atoms with Crippen LogP contribution in [0.25, 0.3) is 10.9 Å². The Hall–Kier alpha value is -1.13. The van der Waals surface area contributed by atoms with Gasteiger partial charge in [-0.1, -0.05) is 22.0 Å². The van der Waals surface area contributed by atoms with Crippen LogP contribution in [0.15, 0.2) is 28.7 Å². The molecule has 0 radical (unpaired) electrons. The summed E-state index contributed by atoms with van der Waals surface area (Å²) in [5.74, 6) is 6.14. The van der Waals surface area contributed by atoms with Crippen LogP contribution >= 0.6 is 15.9 Å². The second kappa shape index (κ2) is 3.71. The normalized spacial score (nSPS) is 15.4. The zero-order valence-corrected chi connectivity index (χ0v) is 10.3. The first-order valence-corrected chi connectivity index (χ1v) is 6.14. The number of nitrogens with zero attached hydrogens (tertiary/aromatic N) is 1. The molecule has 0 spiro atoms. The number of rotatable bonds is 2. The molecule has 16 heavy (non-hydrogen) atoms. The molecule has 0 bridgehead atoms. The van der Waals surface area contributed by atoms with Crippen molar-refractivity contribution in [2.75, 3.05) is 5.43 Å². The molecule has 1 fully saturated rings. The molecule has 3 nitrogen and oxygen atoms in total. The summed E-state index contributed by atoms with van der Waals surface area (Å²) >= 11 is 3.53. The molecule has 1 aromatic heterocycles. The lowest BCUT2D eigenvalue weighted by Crippen LogP contribution is -2.10. The maximum absolute atomic E-state index is 5.55. The summed E-state index contributed by atoms with van der Waals surface area (Å²) in [4.78, 5) is 4.70. The van der Waals surface area contributed by atoms with Gasteiger partial charge >= 0.3 is 0 Å². The van der Waals surface area contributed by atoms with Crippen molar-refractivity contribution in [2.45, 2.75) is 18.8 Å². The fraction of sp³-hybridized carbons (Fsp3) is 0.250. The van der Waals surface area contributed by atoms with E-state index in [-0.39, 0.29) is 0 Å². The summed E-state index contributed by atoms with van der Waals surface area (Å²) < 4.78 is 1.05. The SMILES string of the molecule is NNc1cc2c(Br)cccc2nc1C1CC1. The highest BCUT2D eigenvalue weighted by atomic mass is 79.9. The molecule has 1 aliphatic carbocycles. The van der Waals surface area contributed by atoms with E-state index in [1.165, 1.54) is 12.8 Å². The van der Waals surface area contributed by atoms with Gasteiger partial charge in [0.1, 0.15) is 0 Å². The summed E-state index contributed by atoms with van der Waals surface area (Å²) in [5.41, 5.74) is 5.83. The number of pyridine rings is 1. The van der Waals surface area contributed by atoms with E-state index in [1.807, 2.05) is 18.2 Å². The Balaban J connectivity index is 2.27. The van der Waals surface area contributed by atoms with Crippen molar-refractivity contribution in [2.24, 2.45) is 5.84 Å². The van der Waals surface area contributed by atoms with Gasteiger partial charge in [-0.3, -0.25) is 10.8 Å². The first-order chi connectivity index (χ1) is 7.79. The van der Waals surface area contributed by atoms with Crippen LogP contribution < -0.4 is 11.3 Å². The second-order valence-corrected chi connectivity index (χ2v) is 5.00. The first-order valence-electron chi connectivity index (χ1n) is 5.35. The molecule has 82 valence electrons. The van der Waals surface area contributed by atoms with Crippen molar-refractivity contribution in [3.63, 3.8) is 0 Å². The summed E-state index contributed by atoms with van der Waals surface area (Å²) in [6.07, 6.45) is 2.45. The summed E-state index contributed by atoms with van der Waals surface area (Å²) in [5, 5.41) is 1.10. The number of aromatic nitrogens is 1. The minimum absolute atomic E-state index is 0.592. The molecule has 3 N–H and O–H groups in total. The van der Waals surface area contributed by atoms with Crippen molar-refractivity contribution in [1.82, 2.24) is 4.98 Å². The fourth-order valence-electron chi connectivity index (χ4n) is 1.96. The molecule has 1 aromatic carbocycles. The van der Waals surface area contributed by atoms with Gasteiger partial charge in [0.15, 0.2) is 0 Å². The van der Waals surface area contributed by atoms with Gasteiger partial charge in [0.2, 0.25) is 0 Å². The number of halogens is 1. The Bertz CT molecular complexity index is 549. The van der Waals surface area contributed by atoms with Crippen LogP contribution in [0.1, 0.15) is 24.5 Å². The standard InChI is InChI=1S/C12H12BrN3/c13-9-2-1-3-10-8(9)6-11(16-14)12(15-10)7-4-5-7/h1-3,6-7,16H,4-5,14H2. The van der Waals surface area contributed by atoms with Crippen LogP contribution in [0, 0.1) is 0 Å². The topological polar surface area (TPSA) is 50.9 Å². The van der Waals surface area contributed by atoms with Crippen LogP contribution in [0.3, 0.4) is 0 Å². The van der Waals surface area contributed by atoms with Crippen molar-refractivity contribution < 1.29 is 0 Å². The van der Waals surface area contributed by atoms with Gasteiger partial charge in [-0.25, -0.2) is 0 Å². The summed E-state index contributed by atoms with van der Waals surface area (Å²) in [6, 6.07) is 8.12. The van der Waals surface area contributed by atoms with E-state index in [0.717, 1.165) is 26.8 Å². The Morgan fingerprint density at radius 2 is 2.19 bits per heavy atom. The Labute approximate surface area is 102 Å². The first kappa shape index (κ1) is 10.1. The lowest BCUT2D eigenvalue weighted by atomic mass is 10.1. The molecular weight excluding hydrogens is 266 g/mol. The highest BCUT2D eigenvalue weighted by Crippen LogP contribution is 2.43. The van der Waals surface area contributed by atoms with E-state index in [1.54, 1.807) is 0 Å². The van der Waals surface area contributed by atoms with Gasteiger partial charge in [0.05, 0.1) is 16.9 Å². The number of benzene rings is 1. The molecule has 2 aromatic rings. The molecule has 0 atom stereocenters. The van der Waals surface area contributed by atoms with Crippen molar-refractivity contribution in [3.05, 3.63) is 34.4 Å². The van der Waals surface area contributed by atoms with E-state index in [2.05, 4.69) is 27.4 Å². The molecule has 1 aliphatic rings. The van der Waals surface area contributed by atoms with Crippen LogP contribution in [-0.4, -0.2) is 4.98 Å². The highest BCUT2D eigenvalue weighted by molar-refractivity contribution is 9.10. The number of nitrogen functional groups attached to an aromatic ring is 1. The number of hydrogen-bond acceptors (Lipinski definition) is 3. The van der Waals surface area contributed by atoms with Crippen molar-refractivity contribution >= 4 is 32.5 Å². The summed E-state index contributed by atoms with van der Waals surface area (Å²) in [6.45, 7) is 0. The van der Waals surface area contributed by atoms with Gasteiger partial charge in [-0.2, -0.15) is 0 Å². The van der Waals surface area contributed by atoms with Gasteiger partial charge in [0.25, 0.3) is 0 Å². The third-order valence-electron chi connectivity index (χ3n) is 2.95. The van der Waals surface area contributed by atoms with Gasteiger partial charge in [-0.15, -0.1) is 0 Å². The summed E-state index contributed by atoms with van der Waals surface area (Å²) in [7, 11) is 0. The molecule has 0 aliphatic heterocycles. The minimum atomic E-state index is 0.592. The van der Waals surface area contributed by atoms with E-state index in [0.29, 0.717) is 5.92 Å². The largest absolute Gasteiger partial charge is 0.322 e. The van der Waals surface area contributed by atoms with E-state index < -0.39 is 0 Å². The number of hydrazine groups is 1. The quantitative estimate of drug-likeness (QED) is 0.655. The molecule has 0 saturated heterocycles. The second-order valence-electron chi connectivity index (χ2n) is 4.15. The molecule has 0 amide bonds. The number of anilines is 1. The maximum atomic E-state index is 5.55. The van der Waals surface area contributed by atoms with Crippen molar-refractivity contribution in [1.29, 1.82) is 0 Å². The molecular formula is C12H12BrN3. The number of nitrogens with one attached hydrogen (secondary N) is 1. The molecule has 1 heterocycles. The predicted octanol–water partition coefficient (Wildman–Crippen LogP) is 3.16. The molecule has 0 unspecified atom stereocenters. The third-order valence-corrected chi connectivity index (χ3v) is 3.65. The number of hydrogen-bond donors (Lipinski definition) is 2. The van der Waals surface area contributed by atoms with E-state index >= 15 is 0 Å². The van der Waals surface area contributed by atoms with Crippen LogP contribution in [0.5, 0.6) is 0 Å². The number of nitrogens with two attached hydrogens (primary N) is 1. The highest BCUT2D eigenvalue weighted by Gasteiger charge is 2.28. The van der Waals surface area contributed by atoms with Crippen molar-refractivity contribution in [3.8, 4) is 0 Å². The molecule has 4 heteroatoms. The average molecular weight is 278 g/mol. The third kappa shape index (κ3) is 1.58. The van der Waals surface area contributed by atoms with Crippen LogP contribution in [0.4, 0.5) is 5.69 Å². The minimum Gasteiger partial charge on any atom is -0.322 e. The Morgan fingerprint density at radius 1 is 1.38 bits per heavy atom. The zero-order chi connectivity index (χ0) is 11.1. The van der Waals surface area contributed by atoms with Crippen LogP contribution in [0.2, 0.25) is 0 Å². The lowest BCUT2D eigenvalue weighted by Gasteiger charge is -2.09. The zero-order valence-electron chi connectivity index (χ0n) is 8.70. The monoisotopic (exact) mass is 277 g/mol.